The van der Waals surface area contributed by atoms with Crippen LogP contribution in [0.1, 0.15) is 51.6 Å². The van der Waals surface area contributed by atoms with Crippen LogP contribution in [0.2, 0.25) is 0 Å². The van der Waals surface area contributed by atoms with Gasteiger partial charge < -0.3 is 10.7 Å². The summed E-state index contributed by atoms with van der Waals surface area (Å²) in [5.41, 5.74) is 6.83. The van der Waals surface area contributed by atoms with Crippen LogP contribution in [-0.2, 0) is 5.41 Å². The smallest absolute Gasteiger partial charge is 0.111 e. The Bertz CT molecular complexity index is 286. The maximum absolute atomic E-state index is 5.58. The predicted molar refractivity (Wildman–Crippen MR) is 59.4 cm³/mol. The van der Waals surface area contributed by atoms with Crippen molar-refractivity contribution in [2.24, 2.45) is 5.73 Å². The highest BCUT2D eigenvalue weighted by Crippen LogP contribution is 2.24. The number of nitrogens with two attached hydrogens (primary N) is 1. The molecular formula is C11H21N3. The van der Waals surface area contributed by atoms with Gasteiger partial charge in [0.15, 0.2) is 0 Å². The number of hydrogen-bond donors (Lipinski definition) is 2. The first-order valence-electron chi connectivity index (χ1n) is 5.23. The lowest BCUT2D eigenvalue weighted by atomic mass is 9.88. The Labute approximate surface area is 86.1 Å². The lowest BCUT2D eigenvalue weighted by Gasteiger charge is -2.20. The Morgan fingerprint density at radius 2 is 2.14 bits per heavy atom. The van der Waals surface area contributed by atoms with Gasteiger partial charge in [0.2, 0.25) is 0 Å². The first-order valence-corrected chi connectivity index (χ1v) is 5.23. The summed E-state index contributed by atoms with van der Waals surface area (Å²) in [6, 6.07) is 0. The maximum Gasteiger partial charge on any atom is 0.111 e. The van der Waals surface area contributed by atoms with Crippen molar-refractivity contribution in [1.82, 2.24) is 9.97 Å². The quantitative estimate of drug-likeness (QED) is 0.773. The number of imidazole rings is 1. The van der Waals surface area contributed by atoms with Crippen LogP contribution < -0.4 is 5.73 Å². The van der Waals surface area contributed by atoms with Gasteiger partial charge in [0.1, 0.15) is 5.82 Å². The zero-order valence-corrected chi connectivity index (χ0v) is 9.59. The molecule has 0 atom stereocenters. The van der Waals surface area contributed by atoms with Gasteiger partial charge in [-0.2, -0.15) is 0 Å². The Hall–Kier alpha value is -0.830. The number of nitrogens with one attached hydrogen (secondary N) is 1. The summed E-state index contributed by atoms with van der Waals surface area (Å²) < 4.78 is 0. The van der Waals surface area contributed by atoms with E-state index in [0.717, 1.165) is 12.2 Å². The van der Waals surface area contributed by atoms with E-state index in [-0.39, 0.29) is 5.41 Å². The first kappa shape index (κ1) is 11.2. The molecule has 0 unspecified atom stereocenters. The van der Waals surface area contributed by atoms with E-state index in [4.69, 9.17) is 5.73 Å². The fourth-order valence-corrected chi connectivity index (χ4v) is 1.45. The fourth-order valence-electron chi connectivity index (χ4n) is 1.45. The van der Waals surface area contributed by atoms with Crippen LogP contribution in [0.15, 0.2) is 6.20 Å². The van der Waals surface area contributed by atoms with Gasteiger partial charge in [-0.3, -0.25) is 0 Å². The molecule has 0 aliphatic carbocycles. The van der Waals surface area contributed by atoms with Crippen LogP contribution in [0.25, 0.3) is 0 Å². The lowest BCUT2D eigenvalue weighted by molar-refractivity contribution is 0.460. The average molecular weight is 195 g/mol. The molecule has 0 amide bonds. The summed E-state index contributed by atoms with van der Waals surface area (Å²) in [4.78, 5) is 7.79. The van der Waals surface area contributed by atoms with Crippen molar-refractivity contribution < 1.29 is 0 Å². The number of hydrogen-bond acceptors (Lipinski definition) is 2. The molecule has 3 heteroatoms. The highest BCUT2D eigenvalue weighted by atomic mass is 14.9. The molecule has 1 aromatic heterocycles. The standard InChI is InChI=1S/C11H21N3/c1-8(2)9-7-13-10(14-9)11(3,4)5-6-12/h7-8H,5-6,12H2,1-4H3,(H,13,14). The summed E-state index contributed by atoms with van der Waals surface area (Å²) >= 11 is 0. The molecule has 0 aliphatic heterocycles. The van der Waals surface area contributed by atoms with E-state index in [2.05, 4.69) is 37.7 Å². The minimum atomic E-state index is 0.0574. The molecule has 1 heterocycles. The SMILES string of the molecule is CC(C)c1cnc(C(C)(C)CCN)[nH]1. The number of rotatable bonds is 4. The summed E-state index contributed by atoms with van der Waals surface area (Å²) in [6.45, 7) is 9.36. The molecule has 1 aromatic rings. The summed E-state index contributed by atoms with van der Waals surface area (Å²) in [5, 5.41) is 0. The number of aromatic nitrogens is 2. The molecule has 14 heavy (non-hydrogen) atoms. The third-order valence-corrected chi connectivity index (χ3v) is 2.63. The molecular weight excluding hydrogens is 174 g/mol. The second-order valence-electron chi connectivity index (χ2n) is 4.76. The Morgan fingerprint density at radius 3 is 2.57 bits per heavy atom. The molecule has 0 fully saturated rings. The van der Waals surface area contributed by atoms with Crippen molar-refractivity contribution in [3.05, 3.63) is 17.7 Å². The van der Waals surface area contributed by atoms with Crippen molar-refractivity contribution in [2.45, 2.75) is 45.4 Å². The van der Waals surface area contributed by atoms with Crippen LogP contribution in [0.3, 0.4) is 0 Å². The Balaban J connectivity index is 2.85. The van der Waals surface area contributed by atoms with E-state index in [1.165, 1.54) is 5.69 Å². The fraction of sp³-hybridized carbons (Fsp3) is 0.727. The van der Waals surface area contributed by atoms with Gasteiger partial charge in [-0.1, -0.05) is 27.7 Å². The second kappa shape index (κ2) is 4.13. The molecule has 0 saturated carbocycles. The van der Waals surface area contributed by atoms with Gasteiger partial charge in [0, 0.05) is 17.3 Å². The van der Waals surface area contributed by atoms with Gasteiger partial charge in [-0.25, -0.2) is 4.98 Å². The molecule has 0 saturated heterocycles. The number of nitrogens with zero attached hydrogens (tertiary/aromatic N) is 1. The van der Waals surface area contributed by atoms with Gasteiger partial charge >= 0.3 is 0 Å². The van der Waals surface area contributed by atoms with E-state index in [1.807, 2.05) is 6.20 Å². The minimum absolute atomic E-state index is 0.0574. The van der Waals surface area contributed by atoms with Gasteiger partial charge in [0.25, 0.3) is 0 Å². The first-order chi connectivity index (χ1) is 6.47. The molecule has 3 N–H and O–H groups in total. The number of H-pyrrole nitrogens is 1. The molecule has 80 valence electrons. The summed E-state index contributed by atoms with van der Waals surface area (Å²) in [5.74, 6) is 1.55. The van der Waals surface area contributed by atoms with Crippen molar-refractivity contribution in [3.63, 3.8) is 0 Å². The molecule has 0 bridgehead atoms. The van der Waals surface area contributed by atoms with Crippen molar-refractivity contribution in [3.8, 4) is 0 Å². The molecule has 3 nitrogen and oxygen atoms in total. The minimum Gasteiger partial charge on any atom is -0.345 e. The highest BCUT2D eigenvalue weighted by Gasteiger charge is 2.23. The zero-order chi connectivity index (χ0) is 10.8. The van der Waals surface area contributed by atoms with Crippen molar-refractivity contribution >= 4 is 0 Å². The monoisotopic (exact) mass is 195 g/mol. The van der Waals surface area contributed by atoms with Crippen LogP contribution in [0.5, 0.6) is 0 Å². The van der Waals surface area contributed by atoms with E-state index in [9.17, 15) is 0 Å². The molecule has 0 aromatic carbocycles. The molecule has 1 rings (SSSR count). The van der Waals surface area contributed by atoms with Gasteiger partial charge in [-0.15, -0.1) is 0 Å². The largest absolute Gasteiger partial charge is 0.345 e. The number of aromatic amines is 1. The van der Waals surface area contributed by atoms with E-state index >= 15 is 0 Å². The summed E-state index contributed by atoms with van der Waals surface area (Å²) in [6.07, 6.45) is 2.89. The summed E-state index contributed by atoms with van der Waals surface area (Å²) in [7, 11) is 0. The van der Waals surface area contributed by atoms with Crippen LogP contribution in [-0.4, -0.2) is 16.5 Å². The van der Waals surface area contributed by atoms with Gasteiger partial charge in [0.05, 0.1) is 0 Å². The van der Waals surface area contributed by atoms with E-state index in [1.54, 1.807) is 0 Å². The topological polar surface area (TPSA) is 54.7 Å². The van der Waals surface area contributed by atoms with Crippen LogP contribution in [0.4, 0.5) is 0 Å². The molecule has 0 spiro atoms. The third-order valence-electron chi connectivity index (χ3n) is 2.63. The third kappa shape index (κ3) is 2.35. The van der Waals surface area contributed by atoms with E-state index < -0.39 is 0 Å². The maximum atomic E-state index is 5.58. The zero-order valence-electron chi connectivity index (χ0n) is 9.59. The highest BCUT2D eigenvalue weighted by molar-refractivity contribution is 5.12. The average Bonchev–Trinajstić information content (AvgIpc) is 2.51. The molecule has 0 radical (unpaired) electrons. The Kier molecular flexibility index (Phi) is 3.32. The Morgan fingerprint density at radius 1 is 1.50 bits per heavy atom. The second-order valence-corrected chi connectivity index (χ2v) is 4.76. The van der Waals surface area contributed by atoms with E-state index in [0.29, 0.717) is 12.5 Å². The van der Waals surface area contributed by atoms with Crippen molar-refractivity contribution in [1.29, 1.82) is 0 Å². The van der Waals surface area contributed by atoms with Gasteiger partial charge in [-0.05, 0) is 18.9 Å². The van der Waals surface area contributed by atoms with Crippen LogP contribution >= 0.6 is 0 Å². The van der Waals surface area contributed by atoms with Crippen molar-refractivity contribution in [2.75, 3.05) is 6.54 Å². The molecule has 0 aliphatic rings. The normalized spacial score (nSPS) is 12.4. The predicted octanol–water partition coefficient (Wildman–Crippen LogP) is 2.16. The van der Waals surface area contributed by atoms with Crippen LogP contribution in [0, 0.1) is 0 Å². The lowest BCUT2D eigenvalue weighted by Crippen LogP contribution is -2.23.